The second-order valence-corrected chi connectivity index (χ2v) is 7.43. The summed E-state index contributed by atoms with van der Waals surface area (Å²) < 4.78 is 19.4. The smallest absolute Gasteiger partial charge is 0.319 e. The second kappa shape index (κ2) is 10.9. The molecule has 164 valence electrons. The van der Waals surface area contributed by atoms with Gasteiger partial charge in [0.25, 0.3) is 0 Å². The summed E-state index contributed by atoms with van der Waals surface area (Å²) in [5.74, 6) is -0.776. The Morgan fingerprint density at radius 3 is 2.55 bits per heavy atom. The van der Waals surface area contributed by atoms with Gasteiger partial charge in [-0.1, -0.05) is 48.0 Å². The lowest BCUT2D eigenvalue weighted by Gasteiger charge is -2.31. The van der Waals surface area contributed by atoms with Gasteiger partial charge >= 0.3 is 6.03 Å². The quantitative estimate of drug-likeness (QED) is 0.490. The first-order chi connectivity index (χ1) is 14.9. The predicted molar refractivity (Wildman–Crippen MR) is 115 cm³/mol. The molecule has 0 fully saturated rings. The Kier molecular flexibility index (Phi) is 8.00. The minimum atomic E-state index is -0.745. The van der Waals surface area contributed by atoms with Crippen molar-refractivity contribution in [1.29, 1.82) is 0 Å². The van der Waals surface area contributed by atoms with Gasteiger partial charge < -0.3 is 25.8 Å². The Balaban J connectivity index is 1.49. The number of para-hydroxylation sites is 1. The van der Waals surface area contributed by atoms with Crippen LogP contribution in [-0.2, 0) is 16.1 Å². The second-order valence-electron chi connectivity index (χ2n) is 6.99. The first kappa shape index (κ1) is 22.7. The number of urea groups is 1. The summed E-state index contributed by atoms with van der Waals surface area (Å²) in [6, 6.07) is 11.7. The van der Waals surface area contributed by atoms with Crippen molar-refractivity contribution in [2.45, 2.75) is 31.2 Å². The highest BCUT2D eigenvalue weighted by Gasteiger charge is 2.29. The van der Waals surface area contributed by atoms with Crippen molar-refractivity contribution in [3.05, 3.63) is 77.1 Å². The molecule has 3 rings (SSSR count). The molecule has 1 aliphatic heterocycles. The van der Waals surface area contributed by atoms with Crippen molar-refractivity contribution in [2.24, 2.45) is 0 Å². The van der Waals surface area contributed by atoms with Gasteiger partial charge in [0, 0.05) is 11.6 Å². The Bertz CT molecular complexity index is 939. The van der Waals surface area contributed by atoms with Crippen LogP contribution < -0.4 is 16.0 Å². The van der Waals surface area contributed by atoms with E-state index in [1.54, 1.807) is 30.4 Å². The Hall–Kier alpha value is -2.94. The highest BCUT2D eigenvalue weighted by atomic mass is 35.5. The normalized spacial score (nSPS) is 20.2. The van der Waals surface area contributed by atoms with Crippen molar-refractivity contribution >= 4 is 29.2 Å². The van der Waals surface area contributed by atoms with Gasteiger partial charge in [0.15, 0.2) is 0 Å². The number of rotatable bonds is 7. The van der Waals surface area contributed by atoms with E-state index < -0.39 is 30.1 Å². The number of ether oxygens (including phenoxy) is 1. The number of hydrogen-bond acceptors (Lipinski definition) is 4. The lowest BCUT2D eigenvalue weighted by atomic mass is 10.0. The molecule has 0 saturated carbocycles. The number of aliphatic hydroxyl groups excluding tert-OH is 1. The van der Waals surface area contributed by atoms with Gasteiger partial charge in [0.05, 0.1) is 30.9 Å². The van der Waals surface area contributed by atoms with Crippen LogP contribution in [0.15, 0.2) is 60.7 Å². The lowest BCUT2D eigenvalue weighted by Crippen LogP contribution is -2.50. The van der Waals surface area contributed by atoms with Crippen LogP contribution in [0, 0.1) is 5.82 Å². The summed E-state index contributed by atoms with van der Waals surface area (Å²) in [5, 5.41) is 18.1. The molecule has 3 amide bonds. The van der Waals surface area contributed by atoms with Crippen LogP contribution in [0.4, 0.5) is 14.9 Å². The largest absolute Gasteiger partial charge is 0.394 e. The van der Waals surface area contributed by atoms with E-state index >= 15 is 0 Å². The average Bonchev–Trinajstić information content (AvgIpc) is 2.76. The van der Waals surface area contributed by atoms with Gasteiger partial charge in [-0.3, -0.25) is 4.79 Å². The average molecular weight is 448 g/mol. The van der Waals surface area contributed by atoms with Crippen LogP contribution >= 0.6 is 11.6 Å². The van der Waals surface area contributed by atoms with Crippen LogP contribution in [0.25, 0.3) is 0 Å². The molecule has 0 saturated heterocycles. The molecule has 0 bridgehead atoms. The van der Waals surface area contributed by atoms with Crippen LogP contribution in [0.1, 0.15) is 12.0 Å². The number of aliphatic hydroxyl groups is 1. The molecule has 31 heavy (non-hydrogen) atoms. The number of carbonyl (C=O) groups is 2. The number of halogens is 2. The molecular formula is C22H23ClFN3O4. The molecule has 1 aliphatic rings. The molecule has 7 nitrogen and oxygen atoms in total. The predicted octanol–water partition coefficient (Wildman–Crippen LogP) is 2.99. The summed E-state index contributed by atoms with van der Waals surface area (Å²) in [6.07, 6.45) is 2.08. The van der Waals surface area contributed by atoms with Gasteiger partial charge in [-0.05, 0) is 29.8 Å². The molecule has 9 heteroatoms. The number of carbonyl (C=O) groups excluding carboxylic acids is 2. The summed E-state index contributed by atoms with van der Waals surface area (Å²) in [5.41, 5.74) is 0.952. The lowest BCUT2D eigenvalue weighted by molar-refractivity contribution is -0.125. The Morgan fingerprint density at radius 2 is 1.84 bits per heavy atom. The summed E-state index contributed by atoms with van der Waals surface area (Å²) in [4.78, 5) is 24.4. The van der Waals surface area contributed by atoms with E-state index in [1.165, 1.54) is 18.2 Å². The molecule has 2 aromatic rings. The van der Waals surface area contributed by atoms with Crippen LogP contribution in [0.2, 0.25) is 5.02 Å². The van der Waals surface area contributed by atoms with Gasteiger partial charge in [-0.15, -0.1) is 0 Å². The van der Waals surface area contributed by atoms with E-state index in [-0.39, 0.29) is 24.6 Å². The van der Waals surface area contributed by atoms with Gasteiger partial charge in [0.1, 0.15) is 11.9 Å². The molecule has 0 radical (unpaired) electrons. The Labute approximate surface area is 184 Å². The first-order valence-corrected chi connectivity index (χ1v) is 10.1. The van der Waals surface area contributed by atoms with Crippen molar-refractivity contribution in [3.8, 4) is 0 Å². The van der Waals surface area contributed by atoms with E-state index in [4.69, 9.17) is 16.3 Å². The molecule has 0 unspecified atom stereocenters. The number of hydrogen-bond donors (Lipinski definition) is 4. The van der Waals surface area contributed by atoms with Crippen molar-refractivity contribution < 1.29 is 23.8 Å². The zero-order valence-electron chi connectivity index (χ0n) is 16.6. The van der Waals surface area contributed by atoms with Crippen molar-refractivity contribution in [2.75, 3.05) is 11.9 Å². The van der Waals surface area contributed by atoms with Crippen molar-refractivity contribution in [1.82, 2.24) is 10.6 Å². The molecule has 0 aliphatic carbocycles. The van der Waals surface area contributed by atoms with E-state index in [0.717, 1.165) is 5.56 Å². The first-order valence-electron chi connectivity index (χ1n) is 9.72. The van der Waals surface area contributed by atoms with Crippen molar-refractivity contribution in [3.63, 3.8) is 0 Å². The third-order valence-corrected chi connectivity index (χ3v) is 4.92. The SMILES string of the molecule is O=C(C[C@@H]1C=C[C@@H](NC(=O)Nc2ccccc2F)[C@H](CO)O1)NCc1ccc(Cl)cc1. The third kappa shape index (κ3) is 6.78. The molecule has 1 heterocycles. The number of amides is 3. The fraction of sp³-hybridized carbons (Fsp3) is 0.273. The fourth-order valence-electron chi connectivity index (χ4n) is 3.07. The third-order valence-electron chi connectivity index (χ3n) is 4.67. The van der Waals surface area contributed by atoms with E-state index in [1.807, 2.05) is 12.1 Å². The highest BCUT2D eigenvalue weighted by Crippen LogP contribution is 2.17. The van der Waals surface area contributed by atoms with E-state index in [0.29, 0.717) is 11.6 Å². The molecule has 4 N–H and O–H groups in total. The molecule has 0 aromatic heterocycles. The van der Waals surface area contributed by atoms with E-state index in [2.05, 4.69) is 16.0 Å². The molecule has 3 atom stereocenters. The van der Waals surface area contributed by atoms with E-state index in [9.17, 15) is 19.1 Å². The van der Waals surface area contributed by atoms with Crippen LogP contribution in [0.3, 0.4) is 0 Å². The zero-order valence-corrected chi connectivity index (χ0v) is 17.3. The van der Waals surface area contributed by atoms with Gasteiger partial charge in [-0.25, -0.2) is 9.18 Å². The standard InChI is InChI=1S/C22H23ClFN3O4/c23-15-7-5-14(6-8-15)12-25-21(29)11-16-9-10-19(20(13-28)31-16)27-22(30)26-18-4-2-1-3-17(18)24/h1-10,16,19-20,28H,11-13H2,(H,25,29)(H2,26,27,30)/t16-,19+,20-/m0/s1. The number of benzene rings is 2. The minimum absolute atomic E-state index is 0.0384. The monoisotopic (exact) mass is 447 g/mol. The maximum absolute atomic E-state index is 13.7. The molecule has 2 aromatic carbocycles. The number of anilines is 1. The molecular weight excluding hydrogens is 425 g/mol. The molecule has 0 spiro atoms. The van der Waals surface area contributed by atoms with Gasteiger partial charge in [0.2, 0.25) is 5.91 Å². The fourth-order valence-corrected chi connectivity index (χ4v) is 3.19. The van der Waals surface area contributed by atoms with Gasteiger partial charge in [-0.2, -0.15) is 0 Å². The minimum Gasteiger partial charge on any atom is -0.394 e. The number of nitrogens with one attached hydrogen (secondary N) is 3. The van der Waals surface area contributed by atoms with Crippen LogP contribution in [0.5, 0.6) is 0 Å². The summed E-state index contributed by atoms with van der Waals surface area (Å²) in [7, 11) is 0. The highest BCUT2D eigenvalue weighted by molar-refractivity contribution is 6.30. The maximum Gasteiger partial charge on any atom is 0.319 e. The summed E-state index contributed by atoms with van der Waals surface area (Å²) in [6.45, 7) is -0.00581. The van der Waals surface area contributed by atoms with Crippen LogP contribution in [-0.4, -0.2) is 41.9 Å². The topological polar surface area (TPSA) is 99.7 Å². The maximum atomic E-state index is 13.7. The summed E-state index contributed by atoms with van der Waals surface area (Å²) >= 11 is 5.84. The Morgan fingerprint density at radius 1 is 1.10 bits per heavy atom. The zero-order chi connectivity index (χ0) is 22.2.